The van der Waals surface area contributed by atoms with Gasteiger partial charge in [-0.15, -0.1) is 0 Å². The van der Waals surface area contributed by atoms with Gasteiger partial charge in [-0.25, -0.2) is 8.42 Å². The highest BCUT2D eigenvalue weighted by Gasteiger charge is 2.33. The normalized spacial score (nSPS) is 25.6. The van der Waals surface area contributed by atoms with Crippen molar-refractivity contribution < 1.29 is 22.7 Å². The molecular formula is C22H31N3O5S. The minimum Gasteiger partial charge on any atom is -0.368 e. The maximum Gasteiger partial charge on any atom is 0.253 e. The Morgan fingerprint density at radius 3 is 2.19 bits per heavy atom. The van der Waals surface area contributed by atoms with Crippen LogP contribution in [0.3, 0.4) is 0 Å². The number of sulfonamides is 1. The van der Waals surface area contributed by atoms with E-state index in [2.05, 4.69) is 0 Å². The SMILES string of the molecule is C[C@@H]1CCCCN1S(=O)(=O)c1ccc(C(=O)N2CCN(C(=O)[C@H]3CCCO3)CC2)cc1. The van der Waals surface area contributed by atoms with Crippen molar-refractivity contribution in [2.45, 2.75) is 56.1 Å². The smallest absolute Gasteiger partial charge is 0.253 e. The van der Waals surface area contributed by atoms with Crippen LogP contribution in [0, 0.1) is 0 Å². The van der Waals surface area contributed by atoms with Gasteiger partial charge < -0.3 is 14.5 Å². The zero-order valence-corrected chi connectivity index (χ0v) is 18.8. The summed E-state index contributed by atoms with van der Waals surface area (Å²) >= 11 is 0. The second-order valence-corrected chi connectivity index (χ2v) is 10.5. The van der Waals surface area contributed by atoms with Gasteiger partial charge in [0.2, 0.25) is 10.0 Å². The molecule has 0 unspecified atom stereocenters. The van der Waals surface area contributed by atoms with Crippen LogP contribution in [0.25, 0.3) is 0 Å². The molecule has 3 heterocycles. The van der Waals surface area contributed by atoms with E-state index in [9.17, 15) is 18.0 Å². The molecule has 3 aliphatic rings. The van der Waals surface area contributed by atoms with Gasteiger partial charge >= 0.3 is 0 Å². The molecule has 8 nitrogen and oxygen atoms in total. The molecule has 31 heavy (non-hydrogen) atoms. The van der Waals surface area contributed by atoms with Gasteiger partial charge in [0.25, 0.3) is 11.8 Å². The molecule has 0 N–H and O–H groups in total. The second kappa shape index (κ2) is 9.26. The summed E-state index contributed by atoms with van der Waals surface area (Å²) in [4.78, 5) is 29.1. The van der Waals surface area contributed by atoms with Crippen molar-refractivity contribution in [3.63, 3.8) is 0 Å². The van der Waals surface area contributed by atoms with Crippen LogP contribution < -0.4 is 0 Å². The summed E-state index contributed by atoms with van der Waals surface area (Å²) < 4.78 is 33.0. The van der Waals surface area contributed by atoms with Crippen LogP contribution in [-0.4, -0.2) is 85.8 Å². The summed E-state index contributed by atoms with van der Waals surface area (Å²) in [6.45, 7) is 5.02. The monoisotopic (exact) mass is 449 g/mol. The molecule has 0 spiro atoms. The van der Waals surface area contributed by atoms with E-state index in [0.29, 0.717) is 44.9 Å². The van der Waals surface area contributed by atoms with Crippen LogP contribution in [0.5, 0.6) is 0 Å². The summed E-state index contributed by atoms with van der Waals surface area (Å²) in [5, 5.41) is 0. The maximum atomic E-state index is 13.0. The van der Waals surface area contributed by atoms with E-state index >= 15 is 0 Å². The largest absolute Gasteiger partial charge is 0.368 e. The Bertz CT molecular complexity index is 904. The summed E-state index contributed by atoms with van der Waals surface area (Å²) in [5.41, 5.74) is 0.463. The van der Waals surface area contributed by atoms with Crippen molar-refractivity contribution in [2.75, 3.05) is 39.3 Å². The van der Waals surface area contributed by atoms with E-state index in [0.717, 1.165) is 32.1 Å². The third-order valence-corrected chi connectivity index (χ3v) is 8.56. The van der Waals surface area contributed by atoms with Crippen molar-refractivity contribution in [1.29, 1.82) is 0 Å². The first-order valence-corrected chi connectivity index (χ1v) is 12.6. The molecule has 4 rings (SSSR count). The molecule has 0 saturated carbocycles. The molecule has 2 atom stereocenters. The number of piperidine rings is 1. The number of ether oxygens (including phenoxy) is 1. The van der Waals surface area contributed by atoms with Crippen molar-refractivity contribution in [2.24, 2.45) is 0 Å². The van der Waals surface area contributed by atoms with Gasteiger partial charge in [0, 0.05) is 50.9 Å². The number of nitrogens with zero attached hydrogens (tertiary/aromatic N) is 3. The van der Waals surface area contributed by atoms with Crippen LogP contribution in [0.2, 0.25) is 0 Å². The van der Waals surface area contributed by atoms with Crippen molar-refractivity contribution in [3.05, 3.63) is 29.8 Å². The Morgan fingerprint density at radius 1 is 0.903 bits per heavy atom. The summed E-state index contributed by atoms with van der Waals surface area (Å²) in [7, 11) is -3.55. The minimum atomic E-state index is -3.55. The first kappa shape index (κ1) is 22.2. The number of amides is 2. The highest BCUT2D eigenvalue weighted by Crippen LogP contribution is 2.25. The highest BCUT2D eigenvalue weighted by atomic mass is 32.2. The van der Waals surface area contributed by atoms with Crippen LogP contribution in [0.15, 0.2) is 29.2 Å². The Labute approximate surface area is 184 Å². The Kier molecular flexibility index (Phi) is 6.64. The van der Waals surface area contributed by atoms with Crippen LogP contribution in [0.4, 0.5) is 0 Å². The lowest BCUT2D eigenvalue weighted by Gasteiger charge is -2.35. The number of hydrogen-bond acceptors (Lipinski definition) is 5. The average Bonchev–Trinajstić information content (AvgIpc) is 3.33. The van der Waals surface area contributed by atoms with Gasteiger partial charge in [-0.3, -0.25) is 9.59 Å². The van der Waals surface area contributed by atoms with Crippen molar-refractivity contribution >= 4 is 21.8 Å². The van der Waals surface area contributed by atoms with Crippen LogP contribution in [0.1, 0.15) is 49.4 Å². The molecule has 0 aromatic heterocycles. The molecule has 0 aliphatic carbocycles. The zero-order valence-electron chi connectivity index (χ0n) is 18.0. The standard InChI is InChI=1S/C22H31N3O5S/c1-17-5-2-3-11-25(17)31(28,29)19-9-7-18(8-10-19)21(26)23-12-14-24(15-13-23)22(27)20-6-4-16-30-20/h7-10,17,20H,2-6,11-16H2,1H3/t17-,20-/m1/s1. The molecule has 3 saturated heterocycles. The quantitative estimate of drug-likeness (QED) is 0.699. The van der Waals surface area contributed by atoms with E-state index in [1.807, 2.05) is 6.92 Å². The average molecular weight is 450 g/mol. The van der Waals surface area contributed by atoms with Gasteiger partial charge in [-0.05, 0) is 56.9 Å². The predicted octanol–water partition coefficient (Wildman–Crippen LogP) is 1.71. The van der Waals surface area contributed by atoms with E-state index < -0.39 is 10.0 Å². The molecule has 2 amide bonds. The number of carbonyl (C=O) groups excluding carboxylic acids is 2. The lowest BCUT2D eigenvalue weighted by atomic mass is 10.1. The lowest BCUT2D eigenvalue weighted by Crippen LogP contribution is -2.52. The number of hydrogen-bond donors (Lipinski definition) is 0. The summed E-state index contributed by atoms with van der Waals surface area (Å²) in [5.74, 6) is -0.120. The van der Waals surface area contributed by atoms with E-state index in [-0.39, 0.29) is 28.9 Å². The topological polar surface area (TPSA) is 87.2 Å². The molecule has 0 bridgehead atoms. The second-order valence-electron chi connectivity index (χ2n) is 8.60. The number of piperazine rings is 1. The van der Waals surface area contributed by atoms with Crippen molar-refractivity contribution in [3.8, 4) is 0 Å². The maximum absolute atomic E-state index is 13.0. The Morgan fingerprint density at radius 2 is 1.58 bits per heavy atom. The fraction of sp³-hybridized carbons (Fsp3) is 0.636. The Hall–Kier alpha value is -1.97. The molecule has 0 radical (unpaired) electrons. The van der Waals surface area contributed by atoms with Gasteiger partial charge in [0.1, 0.15) is 6.10 Å². The fourth-order valence-electron chi connectivity index (χ4n) is 4.62. The van der Waals surface area contributed by atoms with Crippen LogP contribution >= 0.6 is 0 Å². The summed E-state index contributed by atoms with van der Waals surface area (Å²) in [6, 6.07) is 6.23. The predicted molar refractivity (Wildman–Crippen MR) is 115 cm³/mol. The third-order valence-electron chi connectivity index (χ3n) is 6.53. The first-order chi connectivity index (χ1) is 14.9. The van der Waals surface area contributed by atoms with Gasteiger partial charge in [0.15, 0.2) is 0 Å². The molecule has 9 heteroatoms. The van der Waals surface area contributed by atoms with Crippen molar-refractivity contribution in [1.82, 2.24) is 14.1 Å². The summed E-state index contributed by atoms with van der Waals surface area (Å²) in [6.07, 6.45) is 4.14. The first-order valence-electron chi connectivity index (χ1n) is 11.2. The van der Waals surface area contributed by atoms with Gasteiger partial charge in [-0.2, -0.15) is 4.31 Å². The lowest BCUT2D eigenvalue weighted by molar-refractivity contribution is -0.142. The number of rotatable bonds is 4. The third kappa shape index (κ3) is 4.63. The molecular weight excluding hydrogens is 418 g/mol. The van der Waals surface area contributed by atoms with Crippen LogP contribution in [-0.2, 0) is 19.6 Å². The van der Waals surface area contributed by atoms with Gasteiger partial charge in [0.05, 0.1) is 4.90 Å². The molecule has 1 aromatic rings. The highest BCUT2D eigenvalue weighted by molar-refractivity contribution is 7.89. The molecule has 3 fully saturated rings. The molecule has 170 valence electrons. The fourth-order valence-corrected chi connectivity index (χ4v) is 6.32. The minimum absolute atomic E-state index is 0.00584. The van der Waals surface area contributed by atoms with E-state index in [4.69, 9.17) is 4.74 Å². The number of benzene rings is 1. The van der Waals surface area contributed by atoms with E-state index in [1.54, 1.807) is 26.2 Å². The van der Waals surface area contributed by atoms with E-state index in [1.165, 1.54) is 12.1 Å². The Balaban J connectivity index is 1.37. The number of carbonyl (C=O) groups is 2. The van der Waals surface area contributed by atoms with Gasteiger partial charge in [-0.1, -0.05) is 6.42 Å². The zero-order chi connectivity index (χ0) is 22.0. The molecule has 3 aliphatic heterocycles. The molecule has 1 aromatic carbocycles.